The van der Waals surface area contributed by atoms with Gasteiger partial charge in [0.05, 0.1) is 18.5 Å². The van der Waals surface area contributed by atoms with Crippen LogP contribution in [-0.4, -0.2) is 24.9 Å². The minimum atomic E-state index is -4.73. The molecule has 0 bridgehead atoms. The number of alkyl halides is 3. The Kier molecular flexibility index (Phi) is 5.25. The van der Waals surface area contributed by atoms with E-state index in [2.05, 4.69) is 10.5 Å². The average molecular weight is 413 g/mol. The lowest BCUT2D eigenvalue weighted by Gasteiger charge is -2.29. The largest absolute Gasteiger partial charge is 0.495 e. The maximum absolute atomic E-state index is 14.0. The summed E-state index contributed by atoms with van der Waals surface area (Å²) in [5, 5.41) is 6.45. The monoisotopic (exact) mass is 412 g/mol. The van der Waals surface area contributed by atoms with E-state index in [1.54, 1.807) is 6.07 Å². The zero-order chi connectivity index (χ0) is 20.5. The van der Waals surface area contributed by atoms with Crippen molar-refractivity contribution in [1.82, 2.24) is 0 Å². The second-order valence-electron chi connectivity index (χ2n) is 6.24. The van der Waals surface area contributed by atoms with Gasteiger partial charge in [-0.3, -0.25) is 4.79 Å². The molecule has 1 atom stereocenters. The molecule has 1 heterocycles. The third kappa shape index (κ3) is 3.64. The van der Waals surface area contributed by atoms with E-state index in [4.69, 9.17) is 21.2 Å². The zero-order valence-electron chi connectivity index (χ0n) is 14.9. The van der Waals surface area contributed by atoms with Gasteiger partial charge in [-0.2, -0.15) is 13.2 Å². The van der Waals surface area contributed by atoms with Gasteiger partial charge in [0.15, 0.2) is 0 Å². The van der Waals surface area contributed by atoms with Crippen LogP contribution in [0.3, 0.4) is 0 Å². The highest BCUT2D eigenvalue weighted by atomic mass is 35.5. The summed E-state index contributed by atoms with van der Waals surface area (Å²) in [4.78, 5) is 16.4. The molecule has 1 amide bonds. The van der Waals surface area contributed by atoms with E-state index >= 15 is 0 Å². The number of amides is 1. The fourth-order valence-corrected chi connectivity index (χ4v) is 3.16. The standard InChI is InChI=1S/C19H16ClF3N2O3/c1-11(26)24-15-8-12(6-7-17(15)27-2)16-10-18(28-25-16,19(21,22)23)13-4-3-5-14(20)9-13/h3-9H,10H2,1-2H3,(H,24,26). The molecule has 1 aliphatic heterocycles. The Hall–Kier alpha value is -2.74. The lowest BCUT2D eigenvalue weighted by Crippen LogP contribution is -2.42. The van der Waals surface area contributed by atoms with Crippen LogP contribution in [-0.2, 0) is 15.2 Å². The first-order valence-corrected chi connectivity index (χ1v) is 8.58. The van der Waals surface area contributed by atoms with Crippen LogP contribution in [0.4, 0.5) is 18.9 Å². The Morgan fingerprint density at radius 2 is 2.04 bits per heavy atom. The number of anilines is 1. The molecule has 0 spiro atoms. The molecule has 0 radical (unpaired) electrons. The molecule has 9 heteroatoms. The van der Waals surface area contributed by atoms with Gasteiger partial charge in [0.2, 0.25) is 5.91 Å². The van der Waals surface area contributed by atoms with E-state index in [0.29, 0.717) is 17.0 Å². The quantitative estimate of drug-likeness (QED) is 0.777. The van der Waals surface area contributed by atoms with Crippen LogP contribution in [0.2, 0.25) is 5.02 Å². The van der Waals surface area contributed by atoms with Gasteiger partial charge in [-0.05, 0) is 30.3 Å². The van der Waals surface area contributed by atoms with Crippen LogP contribution in [0.1, 0.15) is 24.5 Å². The smallest absolute Gasteiger partial charge is 0.435 e. The van der Waals surface area contributed by atoms with Gasteiger partial charge < -0.3 is 14.9 Å². The number of carbonyl (C=O) groups excluding carboxylic acids is 1. The summed E-state index contributed by atoms with van der Waals surface area (Å²) in [5.41, 5.74) is -1.99. The summed E-state index contributed by atoms with van der Waals surface area (Å²) in [7, 11) is 1.42. The molecule has 28 heavy (non-hydrogen) atoms. The number of ether oxygens (including phenoxy) is 1. The van der Waals surface area contributed by atoms with Gasteiger partial charge in [0.1, 0.15) is 5.75 Å². The molecule has 148 valence electrons. The molecule has 0 aliphatic carbocycles. The Balaban J connectivity index is 1.99. The second-order valence-corrected chi connectivity index (χ2v) is 6.67. The Bertz CT molecular complexity index is 946. The summed E-state index contributed by atoms with van der Waals surface area (Å²) in [6.45, 7) is 1.32. The summed E-state index contributed by atoms with van der Waals surface area (Å²) < 4.78 is 47.1. The molecule has 2 aromatic rings. The van der Waals surface area contributed by atoms with Gasteiger partial charge in [-0.15, -0.1) is 0 Å². The highest BCUT2D eigenvalue weighted by Gasteiger charge is 2.62. The molecular weight excluding hydrogens is 397 g/mol. The number of nitrogens with zero attached hydrogens (tertiary/aromatic N) is 1. The lowest BCUT2D eigenvalue weighted by atomic mass is 9.86. The van der Waals surface area contributed by atoms with E-state index in [1.807, 2.05) is 0 Å². The highest BCUT2D eigenvalue weighted by molar-refractivity contribution is 6.30. The van der Waals surface area contributed by atoms with Crippen LogP contribution < -0.4 is 10.1 Å². The van der Waals surface area contributed by atoms with Crippen LogP contribution in [0.15, 0.2) is 47.6 Å². The first kappa shape index (κ1) is 20.0. The van der Waals surface area contributed by atoms with Gasteiger partial charge in [0, 0.05) is 29.5 Å². The van der Waals surface area contributed by atoms with Gasteiger partial charge >= 0.3 is 6.18 Å². The summed E-state index contributed by atoms with van der Waals surface area (Å²) in [6.07, 6.45) is -5.27. The van der Waals surface area contributed by atoms with Crippen LogP contribution in [0, 0.1) is 0 Å². The first-order chi connectivity index (χ1) is 13.2. The molecular formula is C19H16ClF3N2O3. The van der Waals surface area contributed by atoms with Crippen molar-refractivity contribution >= 4 is 28.9 Å². The number of rotatable bonds is 4. The molecule has 5 nitrogen and oxygen atoms in total. The van der Waals surface area contributed by atoms with Gasteiger partial charge in [-0.1, -0.05) is 28.9 Å². The molecule has 2 aromatic carbocycles. The van der Waals surface area contributed by atoms with Crippen molar-refractivity contribution in [3.05, 3.63) is 58.6 Å². The number of hydrogen-bond acceptors (Lipinski definition) is 4. The van der Waals surface area contributed by atoms with Gasteiger partial charge in [0.25, 0.3) is 5.60 Å². The lowest BCUT2D eigenvalue weighted by molar-refractivity contribution is -0.275. The molecule has 0 fully saturated rings. The van der Waals surface area contributed by atoms with E-state index in [1.165, 1.54) is 50.4 Å². The average Bonchev–Trinajstić information content (AvgIpc) is 3.08. The zero-order valence-corrected chi connectivity index (χ0v) is 15.7. The maximum Gasteiger partial charge on any atom is 0.435 e. The normalized spacial score (nSPS) is 19.0. The van der Waals surface area contributed by atoms with E-state index < -0.39 is 18.2 Å². The minimum Gasteiger partial charge on any atom is -0.495 e. The third-order valence-electron chi connectivity index (χ3n) is 4.32. The van der Waals surface area contributed by atoms with Crippen LogP contribution >= 0.6 is 11.6 Å². The number of nitrogens with one attached hydrogen (secondary N) is 1. The fourth-order valence-electron chi connectivity index (χ4n) is 2.97. The Labute approximate surface area is 164 Å². The molecule has 0 saturated heterocycles. The number of hydrogen-bond donors (Lipinski definition) is 1. The number of benzene rings is 2. The van der Waals surface area contributed by atoms with E-state index in [9.17, 15) is 18.0 Å². The number of oxime groups is 1. The summed E-state index contributed by atoms with van der Waals surface area (Å²) >= 11 is 5.88. The SMILES string of the molecule is COc1ccc(C2=NOC(c3cccc(Cl)c3)(C(F)(F)F)C2)cc1NC(C)=O. The Morgan fingerprint density at radius 1 is 1.29 bits per heavy atom. The number of halogens is 4. The summed E-state index contributed by atoms with van der Waals surface area (Å²) in [6, 6.07) is 10.0. The second kappa shape index (κ2) is 7.35. The van der Waals surface area contributed by atoms with Gasteiger partial charge in [-0.25, -0.2) is 0 Å². The summed E-state index contributed by atoms with van der Waals surface area (Å²) in [5.74, 6) is 0.0269. The molecule has 1 N–H and O–H groups in total. The highest BCUT2D eigenvalue weighted by Crippen LogP contribution is 2.49. The fraction of sp³-hybridized carbons (Fsp3) is 0.263. The van der Waals surface area contributed by atoms with Crippen molar-refractivity contribution in [2.24, 2.45) is 5.16 Å². The predicted molar refractivity (Wildman–Crippen MR) is 98.7 cm³/mol. The maximum atomic E-state index is 14.0. The van der Waals surface area contributed by atoms with Crippen molar-refractivity contribution in [2.45, 2.75) is 25.1 Å². The van der Waals surface area contributed by atoms with Crippen molar-refractivity contribution in [3.8, 4) is 5.75 Å². The van der Waals surface area contributed by atoms with Crippen molar-refractivity contribution in [1.29, 1.82) is 0 Å². The molecule has 1 aliphatic rings. The molecule has 0 aromatic heterocycles. The van der Waals surface area contributed by atoms with E-state index in [-0.39, 0.29) is 22.2 Å². The van der Waals surface area contributed by atoms with Crippen LogP contribution in [0.25, 0.3) is 0 Å². The number of carbonyl (C=O) groups is 1. The number of methoxy groups -OCH3 is 1. The Morgan fingerprint density at radius 3 is 2.64 bits per heavy atom. The first-order valence-electron chi connectivity index (χ1n) is 8.20. The van der Waals surface area contributed by atoms with Crippen molar-refractivity contribution in [2.75, 3.05) is 12.4 Å². The topological polar surface area (TPSA) is 59.9 Å². The molecule has 0 saturated carbocycles. The minimum absolute atomic E-state index is 0.0894. The molecule has 3 rings (SSSR count). The van der Waals surface area contributed by atoms with Crippen LogP contribution in [0.5, 0.6) is 5.75 Å². The van der Waals surface area contributed by atoms with Crippen molar-refractivity contribution < 1.29 is 27.5 Å². The molecule has 1 unspecified atom stereocenters. The third-order valence-corrected chi connectivity index (χ3v) is 4.56. The van der Waals surface area contributed by atoms with E-state index in [0.717, 1.165) is 0 Å². The predicted octanol–water partition coefficient (Wildman–Crippen LogP) is 4.89. The van der Waals surface area contributed by atoms with Crippen molar-refractivity contribution in [3.63, 3.8) is 0 Å².